The van der Waals surface area contributed by atoms with Crippen LogP contribution in [-0.2, 0) is 4.79 Å². The maximum absolute atomic E-state index is 12.2. The lowest BCUT2D eigenvalue weighted by atomic mass is 10.1. The molecule has 0 saturated carbocycles. The van der Waals surface area contributed by atoms with Crippen molar-refractivity contribution in [1.82, 2.24) is 5.32 Å². The molecule has 0 fully saturated rings. The molecule has 0 atom stereocenters. The molecule has 0 bridgehead atoms. The Kier molecular flexibility index (Phi) is 7.29. The first-order chi connectivity index (χ1) is 12.9. The van der Waals surface area contributed by atoms with E-state index in [-0.39, 0.29) is 30.4 Å². The van der Waals surface area contributed by atoms with Crippen molar-refractivity contribution in [2.24, 2.45) is 5.92 Å². The monoisotopic (exact) mass is 366 g/mol. The minimum absolute atomic E-state index is 0.0559. The summed E-state index contributed by atoms with van der Waals surface area (Å²) in [5, 5.41) is 5.68. The minimum atomic E-state index is -0.223. The lowest BCUT2D eigenvalue weighted by Gasteiger charge is -2.11. The Balaban J connectivity index is 1.90. The Labute approximate surface area is 160 Å². The molecule has 27 heavy (non-hydrogen) atoms. The minimum Gasteiger partial charge on any atom is -0.352 e. The van der Waals surface area contributed by atoms with E-state index in [1.165, 1.54) is 0 Å². The third-order valence-electron chi connectivity index (χ3n) is 4.11. The van der Waals surface area contributed by atoms with Crippen LogP contribution in [0.5, 0.6) is 0 Å². The molecule has 0 unspecified atom stereocenters. The second-order valence-corrected chi connectivity index (χ2v) is 6.97. The molecular formula is C22H26N2O3. The van der Waals surface area contributed by atoms with Crippen LogP contribution in [0.4, 0.5) is 5.69 Å². The fourth-order valence-electron chi connectivity index (χ4n) is 2.55. The van der Waals surface area contributed by atoms with Crippen LogP contribution in [0.3, 0.4) is 0 Å². The van der Waals surface area contributed by atoms with Gasteiger partial charge in [0.25, 0.3) is 5.91 Å². The summed E-state index contributed by atoms with van der Waals surface area (Å²) in [4.78, 5) is 36.3. The van der Waals surface area contributed by atoms with Gasteiger partial charge in [-0.25, -0.2) is 0 Å². The highest BCUT2D eigenvalue weighted by molar-refractivity contribution is 6.00. The van der Waals surface area contributed by atoms with Crippen molar-refractivity contribution >= 4 is 23.3 Å². The van der Waals surface area contributed by atoms with E-state index in [4.69, 9.17) is 0 Å². The number of hydrogen-bond acceptors (Lipinski definition) is 3. The van der Waals surface area contributed by atoms with E-state index in [0.717, 1.165) is 5.56 Å². The molecule has 0 radical (unpaired) electrons. The molecule has 2 aromatic carbocycles. The van der Waals surface area contributed by atoms with Crippen molar-refractivity contribution < 1.29 is 14.4 Å². The van der Waals surface area contributed by atoms with Gasteiger partial charge in [0.15, 0.2) is 5.78 Å². The summed E-state index contributed by atoms with van der Waals surface area (Å²) in [7, 11) is 0. The number of ketones is 1. The number of anilines is 1. The predicted octanol–water partition coefficient (Wildman–Crippen LogP) is 3.98. The standard InChI is InChI=1S/C22H26N2O3/c1-15(2)14-23-22(27)18-9-10-19(16(3)13-18)24-21(26)12-11-20(25)17-7-5-4-6-8-17/h4-10,13,15H,11-12,14H2,1-3H3,(H,23,27)(H,24,26). The van der Waals surface area contributed by atoms with E-state index >= 15 is 0 Å². The van der Waals surface area contributed by atoms with Crippen LogP contribution in [0.15, 0.2) is 48.5 Å². The summed E-state index contributed by atoms with van der Waals surface area (Å²) in [6, 6.07) is 14.1. The van der Waals surface area contributed by atoms with Crippen LogP contribution >= 0.6 is 0 Å². The molecule has 0 aliphatic rings. The van der Waals surface area contributed by atoms with Gasteiger partial charge in [-0.3, -0.25) is 14.4 Å². The highest BCUT2D eigenvalue weighted by atomic mass is 16.2. The Bertz CT molecular complexity index is 814. The summed E-state index contributed by atoms with van der Waals surface area (Å²) in [5.41, 5.74) is 2.62. The van der Waals surface area contributed by atoms with E-state index in [2.05, 4.69) is 10.6 Å². The van der Waals surface area contributed by atoms with Crippen LogP contribution in [-0.4, -0.2) is 24.1 Å². The van der Waals surface area contributed by atoms with Gasteiger partial charge in [0.05, 0.1) is 0 Å². The van der Waals surface area contributed by atoms with Gasteiger partial charge in [-0.15, -0.1) is 0 Å². The van der Waals surface area contributed by atoms with Crippen molar-refractivity contribution in [3.05, 3.63) is 65.2 Å². The first kappa shape index (κ1) is 20.4. The van der Waals surface area contributed by atoms with Crippen molar-refractivity contribution in [2.75, 3.05) is 11.9 Å². The lowest BCUT2D eigenvalue weighted by Crippen LogP contribution is -2.27. The molecule has 2 rings (SSSR count). The number of benzene rings is 2. The first-order valence-electron chi connectivity index (χ1n) is 9.13. The third-order valence-corrected chi connectivity index (χ3v) is 4.11. The molecule has 5 nitrogen and oxygen atoms in total. The van der Waals surface area contributed by atoms with Crippen molar-refractivity contribution in [3.8, 4) is 0 Å². The Morgan fingerprint density at radius 3 is 2.26 bits per heavy atom. The quantitative estimate of drug-likeness (QED) is 0.694. The number of aryl methyl sites for hydroxylation is 1. The maximum atomic E-state index is 12.2. The number of rotatable bonds is 8. The van der Waals surface area contributed by atoms with Gasteiger partial charge in [-0.05, 0) is 36.6 Å². The smallest absolute Gasteiger partial charge is 0.251 e. The molecule has 0 aromatic heterocycles. The highest BCUT2D eigenvalue weighted by Crippen LogP contribution is 2.17. The van der Waals surface area contributed by atoms with Gasteiger partial charge in [-0.2, -0.15) is 0 Å². The van der Waals surface area contributed by atoms with Gasteiger partial charge in [0.2, 0.25) is 5.91 Å². The highest BCUT2D eigenvalue weighted by Gasteiger charge is 2.12. The SMILES string of the molecule is Cc1cc(C(=O)NCC(C)C)ccc1NC(=O)CCC(=O)c1ccccc1. The van der Waals surface area contributed by atoms with Crippen LogP contribution in [0.2, 0.25) is 0 Å². The molecule has 2 N–H and O–H groups in total. The average Bonchev–Trinajstić information content (AvgIpc) is 2.66. The predicted molar refractivity (Wildman–Crippen MR) is 107 cm³/mol. The Hall–Kier alpha value is -2.95. The zero-order chi connectivity index (χ0) is 19.8. The number of carbonyl (C=O) groups excluding carboxylic acids is 3. The first-order valence-corrected chi connectivity index (χ1v) is 9.13. The number of carbonyl (C=O) groups is 3. The fourth-order valence-corrected chi connectivity index (χ4v) is 2.55. The van der Waals surface area contributed by atoms with E-state index in [9.17, 15) is 14.4 Å². The second-order valence-electron chi connectivity index (χ2n) is 6.97. The lowest BCUT2D eigenvalue weighted by molar-refractivity contribution is -0.116. The van der Waals surface area contributed by atoms with Gasteiger partial charge < -0.3 is 10.6 Å². The van der Waals surface area contributed by atoms with Crippen LogP contribution in [0.1, 0.15) is 53.0 Å². The summed E-state index contributed by atoms with van der Waals surface area (Å²) in [6.45, 7) is 6.52. The van der Waals surface area contributed by atoms with Gasteiger partial charge in [0.1, 0.15) is 0 Å². The zero-order valence-electron chi connectivity index (χ0n) is 16.0. The molecule has 142 valence electrons. The van der Waals surface area contributed by atoms with Crippen LogP contribution < -0.4 is 10.6 Å². The summed E-state index contributed by atoms with van der Waals surface area (Å²) in [6.07, 6.45) is 0.272. The van der Waals surface area contributed by atoms with Crippen molar-refractivity contribution in [3.63, 3.8) is 0 Å². The van der Waals surface area contributed by atoms with E-state index in [1.807, 2.05) is 26.8 Å². The van der Waals surface area contributed by atoms with Crippen molar-refractivity contribution in [2.45, 2.75) is 33.6 Å². The summed E-state index contributed by atoms with van der Waals surface area (Å²) >= 11 is 0. The van der Waals surface area contributed by atoms with Crippen LogP contribution in [0, 0.1) is 12.8 Å². The molecule has 5 heteroatoms. The number of hydrogen-bond donors (Lipinski definition) is 2. The zero-order valence-corrected chi connectivity index (χ0v) is 16.0. The molecule has 0 saturated heterocycles. The van der Waals surface area contributed by atoms with Crippen molar-refractivity contribution in [1.29, 1.82) is 0 Å². The second kappa shape index (κ2) is 9.67. The Morgan fingerprint density at radius 2 is 1.63 bits per heavy atom. The summed E-state index contributed by atoms with van der Waals surface area (Å²) in [5.74, 6) is -0.0237. The third kappa shape index (κ3) is 6.37. The Morgan fingerprint density at radius 1 is 0.926 bits per heavy atom. The van der Waals surface area contributed by atoms with Crippen LogP contribution in [0.25, 0.3) is 0 Å². The molecular weight excluding hydrogens is 340 g/mol. The largest absolute Gasteiger partial charge is 0.352 e. The normalized spacial score (nSPS) is 10.5. The molecule has 2 aromatic rings. The van der Waals surface area contributed by atoms with Gasteiger partial charge in [-0.1, -0.05) is 44.2 Å². The molecule has 0 heterocycles. The van der Waals surface area contributed by atoms with E-state index in [1.54, 1.807) is 42.5 Å². The van der Waals surface area contributed by atoms with Gasteiger partial charge >= 0.3 is 0 Å². The van der Waals surface area contributed by atoms with E-state index < -0.39 is 0 Å². The van der Waals surface area contributed by atoms with Gasteiger partial charge in [0, 0.05) is 36.2 Å². The molecule has 0 aliphatic heterocycles. The van der Waals surface area contributed by atoms with E-state index in [0.29, 0.717) is 29.3 Å². The number of Topliss-reactive ketones (excluding diaryl/α,β-unsaturated/α-hetero) is 1. The summed E-state index contributed by atoms with van der Waals surface area (Å²) < 4.78 is 0. The molecule has 0 spiro atoms. The average molecular weight is 366 g/mol. The topological polar surface area (TPSA) is 75.3 Å². The molecule has 2 amide bonds. The number of amides is 2. The maximum Gasteiger partial charge on any atom is 0.251 e. The molecule has 0 aliphatic carbocycles. The number of nitrogens with one attached hydrogen (secondary N) is 2. The fraction of sp³-hybridized carbons (Fsp3) is 0.318.